The minimum absolute atomic E-state index is 0.244. The first-order valence-corrected chi connectivity index (χ1v) is 10.1. The molecule has 3 rings (SSSR count). The van der Waals surface area contributed by atoms with Crippen molar-refractivity contribution in [3.63, 3.8) is 0 Å². The topological polar surface area (TPSA) is 50.4 Å². The zero-order chi connectivity index (χ0) is 17.1. The summed E-state index contributed by atoms with van der Waals surface area (Å²) in [5, 5.41) is 11.2. The maximum Gasteiger partial charge on any atom is 0.340 e. The lowest BCUT2D eigenvalue weighted by atomic mass is 9.95. The molecule has 1 atom stereocenters. The van der Waals surface area contributed by atoms with Crippen LogP contribution in [0.25, 0.3) is 11.0 Å². The van der Waals surface area contributed by atoms with Crippen LogP contribution in [0.1, 0.15) is 62.6 Å². The number of rotatable bonds is 7. The second-order valence-corrected chi connectivity index (χ2v) is 7.95. The van der Waals surface area contributed by atoms with Crippen LogP contribution in [0.3, 0.4) is 0 Å². The van der Waals surface area contributed by atoms with Crippen LogP contribution in [0.4, 0.5) is 0 Å². The summed E-state index contributed by atoms with van der Waals surface area (Å²) in [6, 6.07) is 3.79. The van der Waals surface area contributed by atoms with Gasteiger partial charge in [0.2, 0.25) is 0 Å². The van der Waals surface area contributed by atoms with E-state index in [9.17, 15) is 9.90 Å². The minimum Gasteiger partial charge on any atom is -0.507 e. The molecule has 2 aromatic rings. The maximum absolute atomic E-state index is 12.1. The van der Waals surface area contributed by atoms with Crippen LogP contribution in [0.5, 0.6) is 5.75 Å². The summed E-state index contributed by atoms with van der Waals surface area (Å²) < 4.78 is 5.48. The Morgan fingerprint density at radius 1 is 1.21 bits per heavy atom. The second kappa shape index (κ2) is 7.64. The lowest BCUT2D eigenvalue weighted by Gasteiger charge is -2.12. The quantitative estimate of drug-likeness (QED) is 0.539. The van der Waals surface area contributed by atoms with Crippen LogP contribution in [-0.4, -0.2) is 5.11 Å². The molecule has 1 aromatic heterocycles. The summed E-state index contributed by atoms with van der Waals surface area (Å²) in [7, 11) is 0. The molecule has 0 bridgehead atoms. The van der Waals surface area contributed by atoms with Crippen LogP contribution in [-0.2, 0) is 17.9 Å². The third kappa shape index (κ3) is 3.64. The van der Waals surface area contributed by atoms with Gasteiger partial charge in [-0.3, -0.25) is 0 Å². The van der Waals surface area contributed by atoms with Crippen molar-refractivity contribution in [2.75, 3.05) is 0 Å². The molecule has 1 N–H and O–H groups in total. The van der Waals surface area contributed by atoms with E-state index in [4.69, 9.17) is 4.42 Å². The Bertz CT molecular complexity index is 779. The molecule has 24 heavy (non-hydrogen) atoms. The van der Waals surface area contributed by atoms with E-state index in [2.05, 4.69) is 13.8 Å². The van der Waals surface area contributed by atoms with Gasteiger partial charge < -0.3 is 9.52 Å². The largest absolute Gasteiger partial charge is 0.507 e. The van der Waals surface area contributed by atoms with Crippen molar-refractivity contribution < 1.29 is 9.52 Å². The molecular weight excluding hydrogens is 320 g/mol. The van der Waals surface area contributed by atoms with Gasteiger partial charge in [-0.05, 0) is 42.0 Å². The van der Waals surface area contributed by atoms with Crippen molar-refractivity contribution in [3.8, 4) is 5.75 Å². The number of hydrogen-bond donors (Lipinski definition) is 1. The summed E-state index contributed by atoms with van der Waals surface area (Å²) in [5.74, 6) is 2.39. The van der Waals surface area contributed by atoms with Crippen molar-refractivity contribution in [3.05, 3.63) is 39.2 Å². The van der Waals surface area contributed by atoms with E-state index >= 15 is 0 Å². The molecule has 0 spiro atoms. The van der Waals surface area contributed by atoms with Gasteiger partial charge in [-0.1, -0.05) is 39.5 Å². The standard InChI is InChI=1S/C20H26O3S/c1-3-4-5-6-13(2)7-8-14-9-17(21)19-15-11-24-12-16(15)20(22)23-18(19)10-14/h9-10,13,21H,3-8,11-12H2,1-2H3. The first-order chi connectivity index (χ1) is 11.6. The van der Waals surface area contributed by atoms with Crippen molar-refractivity contribution in [2.24, 2.45) is 5.92 Å². The number of benzene rings is 1. The highest BCUT2D eigenvalue weighted by Crippen LogP contribution is 2.38. The van der Waals surface area contributed by atoms with Crippen LogP contribution in [0, 0.1) is 5.92 Å². The van der Waals surface area contributed by atoms with Gasteiger partial charge in [-0.25, -0.2) is 4.79 Å². The molecule has 1 aliphatic rings. The zero-order valence-electron chi connectivity index (χ0n) is 14.6. The summed E-state index contributed by atoms with van der Waals surface area (Å²) in [5.41, 5.74) is 3.03. The van der Waals surface area contributed by atoms with Gasteiger partial charge in [0.05, 0.1) is 10.9 Å². The van der Waals surface area contributed by atoms with Gasteiger partial charge in [0, 0.05) is 11.5 Å². The van der Waals surface area contributed by atoms with Gasteiger partial charge in [0.1, 0.15) is 11.3 Å². The molecule has 0 aliphatic carbocycles. The molecule has 1 aliphatic heterocycles. The number of phenols is 1. The SMILES string of the molecule is CCCCCC(C)CCc1cc(O)c2c3c(c(=O)oc2c1)CSC3. The van der Waals surface area contributed by atoms with Gasteiger partial charge in [0.15, 0.2) is 0 Å². The van der Waals surface area contributed by atoms with E-state index in [1.165, 1.54) is 25.7 Å². The zero-order valence-corrected chi connectivity index (χ0v) is 15.4. The Kier molecular flexibility index (Phi) is 5.54. The smallest absolute Gasteiger partial charge is 0.340 e. The van der Waals surface area contributed by atoms with Crippen LogP contribution >= 0.6 is 11.8 Å². The third-order valence-electron chi connectivity index (χ3n) is 4.98. The highest BCUT2D eigenvalue weighted by Gasteiger charge is 2.22. The molecule has 4 heteroatoms. The molecule has 0 saturated heterocycles. The number of phenolic OH excluding ortho intramolecular Hbond substituents is 1. The van der Waals surface area contributed by atoms with E-state index in [1.54, 1.807) is 11.8 Å². The monoisotopic (exact) mass is 346 g/mol. The Balaban J connectivity index is 1.79. The predicted molar refractivity (Wildman–Crippen MR) is 101 cm³/mol. The van der Waals surface area contributed by atoms with Gasteiger partial charge in [-0.2, -0.15) is 11.8 Å². The van der Waals surface area contributed by atoms with Gasteiger partial charge in [-0.15, -0.1) is 0 Å². The number of fused-ring (bicyclic) bond motifs is 3. The maximum atomic E-state index is 12.1. The van der Waals surface area contributed by atoms with Crippen molar-refractivity contribution in [1.29, 1.82) is 0 Å². The molecule has 3 nitrogen and oxygen atoms in total. The van der Waals surface area contributed by atoms with E-state index in [0.717, 1.165) is 40.7 Å². The Morgan fingerprint density at radius 2 is 2.00 bits per heavy atom. The molecule has 0 radical (unpaired) electrons. The lowest BCUT2D eigenvalue weighted by Crippen LogP contribution is -2.07. The Labute approximate surface area is 147 Å². The fourth-order valence-electron chi connectivity index (χ4n) is 3.48. The summed E-state index contributed by atoms with van der Waals surface area (Å²) in [6.45, 7) is 4.52. The Morgan fingerprint density at radius 3 is 2.79 bits per heavy atom. The minimum atomic E-state index is -0.244. The summed E-state index contributed by atoms with van der Waals surface area (Å²) >= 11 is 1.70. The molecule has 0 amide bonds. The number of aryl methyl sites for hydroxylation is 1. The van der Waals surface area contributed by atoms with Gasteiger partial charge >= 0.3 is 5.63 Å². The molecule has 0 saturated carbocycles. The summed E-state index contributed by atoms with van der Waals surface area (Å²) in [4.78, 5) is 12.1. The van der Waals surface area contributed by atoms with E-state index in [1.807, 2.05) is 12.1 Å². The predicted octanol–water partition coefficient (Wildman–Crippen LogP) is 5.39. The first kappa shape index (κ1) is 17.4. The molecular formula is C20H26O3S. The number of hydrogen-bond acceptors (Lipinski definition) is 4. The lowest BCUT2D eigenvalue weighted by molar-refractivity contribution is 0.460. The van der Waals surface area contributed by atoms with E-state index in [-0.39, 0.29) is 11.4 Å². The van der Waals surface area contributed by atoms with Gasteiger partial charge in [0.25, 0.3) is 0 Å². The van der Waals surface area contributed by atoms with Crippen LogP contribution in [0.2, 0.25) is 0 Å². The van der Waals surface area contributed by atoms with Crippen molar-refractivity contribution in [2.45, 2.75) is 63.9 Å². The van der Waals surface area contributed by atoms with E-state index < -0.39 is 0 Å². The van der Waals surface area contributed by atoms with E-state index in [0.29, 0.717) is 17.3 Å². The summed E-state index contributed by atoms with van der Waals surface area (Å²) in [6.07, 6.45) is 7.11. The van der Waals surface area contributed by atoms with Crippen molar-refractivity contribution >= 4 is 22.7 Å². The highest BCUT2D eigenvalue weighted by atomic mass is 32.2. The molecule has 2 heterocycles. The highest BCUT2D eigenvalue weighted by molar-refractivity contribution is 7.98. The molecule has 0 fully saturated rings. The number of unbranched alkanes of at least 4 members (excludes halogenated alkanes) is 2. The number of thioether (sulfide) groups is 1. The second-order valence-electron chi connectivity index (χ2n) is 6.97. The Hall–Kier alpha value is -1.42. The average Bonchev–Trinajstić information content (AvgIpc) is 3.03. The number of aromatic hydroxyl groups is 1. The molecule has 1 aromatic carbocycles. The van der Waals surface area contributed by atoms with Crippen LogP contribution in [0.15, 0.2) is 21.3 Å². The molecule has 130 valence electrons. The molecule has 1 unspecified atom stereocenters. The average molecular weight is 346 g/mol. The van der Waals surface area contributed by atoms with Crippen molar-refractivity contribution in [1.82, 2.24) is 0 Å². The van der Waals surface area contributed by atoms with Crippen LogP contribution < -0.4 is 5.63 Å². The normalized spacial score (nSPS) is 14.9. The fourth-order valence-corrected chi connectivity index (χ4v) is 4.60. The third-order valence-corrected chi connectivity index (χ3v) is 5.96. The fraction of sp³-hybridized carbons (Fsp3) is 0.550. The first-order valence-electron chi connectivity index (χ1n) is 8.98.